The zero-order chi connectivity index (χ0) is 17.5. The SMILES string of the molecule is CNC(=O)Cc1ccc(NC(=O)COc2ccc(F)c(Cl)c2)cc1. The molecule has 7 heteroatoms. The van der Waals surface area contributed by atoms with Gasteiger partial charge in [-0.15, -0.1) is 0 Å². The van der Waals surface area contributed by atoms with Crippen molar-refractivity contribution in [1.29, 1.82) is 0 Å². The largest absolute Gasteiger partial charge is 0.484 e. The molecule has 0 fully saturated rings. The van der Waals surface area contributed by atoms with Gasteiger partial charge >= 0.3 is 0 Å². The second-order valence-electron chi connectivity index (χ2n) is 4.96. The Morgan fingerprint density at radius 3 is 2.46 bits per heavy atom. The van der Waals surface area contributed by atoms with Gasteiger partial charge < -0.3 is 15.4 Å². The van der Waals surface area contributed by atoms with Crippen LogP contribution in [0.5, 0.6) is 5.75 Å². The number of rotatable bonds is 6. The van der Waals surface area contributed by atoms with Crippen LogP contribution >= 0.6 is 11.6 Å². The maximum Gasteiger partial charge on any atom is 0.262 e. The van der Waals surface area contributed by atoms with Crippen LogP contribution < -0.4 is 15.4 Å². The summed E-state index contributed by atoms with van der Waals surface area (Å²) in [6.07, 6.45) is 0.277. The van der Waals surface area contributed by atoms with Gasteiger partial charge in [-0.3, -0.25) is 9.59 Å². The van der Waals surface area contributed by atoms with Crippen molar-refractivity contribution in [2.45, 2.75) is 6.42 Å². The van der Waals surface area contributed by atoms with Crippen LogP contribution in [-0.4, -0.2) is 25.5 Å². The number of anilines is 1. The molecule has 2 amide bonds. The van der Waals surface area contributed by atoms with E-state index in [4.69, 9.17) is 16.3 Å². The molecule has 5 nitrogen and oxygen atoms in total. The molecular formula is C17H16ClFN2O3. The third kappa shape index (κ3) is 5.24. The standard InChI is InChI=1S/C17H16ClFN2O3/c1-20-16(22)8-11-2-4-12(5-3-11)21-17(23)10-24-13-6-7-15(19)14(18)9-13/h2-7,9H,8,10H2,1H3,(H,20,22)(H,21,23). The van der Waals surface area contributed by atoms with Crippen molar-refractivity contribution in [2.75, 3.05) is 19.0 Å². The predicted molar refractivity (Wildman–Crippen MR) is 89.7 cm³/mol. The number of ether oxygens (including phenoxy) is 1. The molecule has 0 aliphatic carbocycles. The van der Waals surface area contributed by atoms with Crippen molar-refractivity contribution >= 4 is 29.1 Å². The molecule has 0 saturated heterocycles. The van der Waals surface area contributed by atoms with E-state index >= 15 is 0 Å². The lowest BCUT2D eigenvalue weighted by atomic mass is 10.1. The molecule has 0 spiro atoms. The zero-order valence-electron chi connectivity index (χ0n) is 12.9. The van der Waals surface area contributed by atoms with Crippen LogP contribution in [0.4, 0.5) is 10.1 Å². The molecule has 0 heterocycles. The van der Waals surface area contributed by atoms with E-state index in [2.05, 4.69) is 10.6 Å². The van der Waals surface area contributed by atoms with Gasteiger partial charge in [-0.2, -0.15) is 0 Å². The second kappa shape index (κ2) is 8.31. The number of nitrogens with one attached hydrogen (secondary N) is 2. The molecule has 2 N–H and O–H groups in total. The van der Waals surface area contributed by atoms with E-state index < -0.39 is 5.82 Å². The summed E-state index contributed by atoms with van der Waals surface area (Å²) in [7, 11) is 1.57. The first-order chi connectivity index (χ1) is 11.5. The van der Waals surface area contributed by atoms with Gasteiger partial charge in [-0.25, -0.2) is 4.39 Å². The van der Waals surface area contributed by atoms with Crippen LogP contribution in [0.2, 0.25) is 5.02 Å². The van der Waals surface area contributed by atoms with Crippen LogP contribution in [0.3, 0.4) is 0 Å². The third-order valence-corrected chi connectivity index (χ3v) is 3.43. The number of amides is 2. The van der Waals surface area contributed by atoms with E-state index in [-0.39, 0.29) is 29.9 Å². The van der Waals surface area contributed by atoms with Gasteiger partial charge in [0.05, 0.1) is 11.4 Å². The minimum absolute atomic E-state index is 0.0698. The first-order valence-electron chi connectivity index (χ1n) is 7.15. The molecule has 0 atom stereocenters. The number of halogens is 2. The van der Waals surface area contributed by atoms with Gasteiger partial charge in [-0.1, -0.05) is 23.7 Å². The van der Waals surface area contributed by atoms with Crippen molar-refractivity contribution in [3.63, 3.8) is 0 Å². The van der Waals surface area contributed by atoms with E-state index in [1.807, 2.05) is 0 Å². The van der Waals surface area contributed by atoms with Gasteiger partial charge in [-0.05, 0) is 29.8 Å². The summed E-state index contributed by atoms with van der Waals surface area (Å²) in [4.78, 5) is 23.1. The molecule has 2 aromatic carbocycles. The molecule has 0 aliphatic rings. The Balaban J connectivity index is 1.85. The Morgan fingerprint density at radius 2 is 1.83 bits per heavy atom. The highest BCUT2D eigenvalue weighted by Crippen LogP contribution is 2.21. The lowest BCUT2D eigenvalue weighted by molar-refractivity contribution is -0.120. The fourth-order valence-electron chi connectivity index (χ4n) is 1.89. The van der Waals surface area contributed by atoms with Crippen LogP contribution in [0.25, 0.3) is 0 Å². The molecule has 126 valence electrons. The van der Waals surface area contributed by atoms with Crippen molar-refractivity contribution in [3.05, 3.63) is 58.9 Å². The van der Waals surface area contributed by atoms with Gasteiger partial charge in [0.2, 0.25) is 5.91 Å². The summed E-state index contributed by atoms with van der Waals surface area (Å²) in [5, 5.41) is 5.13. The Kier molecular flexibility index (Phi) is 6.14. The predicted octanol–water partition coefficient (Wildman–Crippen LogP) is 2.79. The molecule has 24 heavy (non-hydrogen) atoms. The average Bonchev–Trinajstić information content (AvgIpc) is 2.57. The number of likely N-dealkylation sites (N-methyl/N-ethyl adjacent to an activating group) is 1. The Bertz CT molecular complexity index is 735. The summed E-state index contributed by atoms with van der Waals surface area (Å²) in [5.74, 6) is -0.699. The summed E-state index contributed by atoms with van der Waals surface area (Å²) in [6, 6.07) is 10.8. The first-order valence-corrected chi connectivity index (χ1v) is 7.53. The van der Waals surface area contributed by atoms with Crippen LogP contribution in [0, 0.1) is 5.82 Å². The molecule has 0 aliphatic heterocycles. The Hall–Kier alpha value is -2.60. The van der Waals surface area contributed by atoms with Gasteiger partial charge in [0.25, 0.3) is 5.91 Å². The minimum atomic E-state index is -0.551. The lowest BCUT2D eigenvalue weighted by Gasteiger charge is -2.08. The molecule has 2 rings (SSSR count). The lowest BCUT2D eigenvalue weighted by Crippen LogP contribution is -2.21. The molecular weight excluding hydrogens is 335 g/mol. The van der Waals surface area contributed by atoms with Crippen LogP contribution in [0.15, 0.2) is 42.5 Å². The Labute approximate surface area is 143 Å². The van der Waals surface area contributed by atoms with Crippen molar-refractivity contribution < 1.29 is 18.7 Å². The number of carbonyl (C=O) groups excluding carboxylic acids is 2. The molecule has 0 aromatic heterocycles. The zero-order valence-corrected chi connectivity index (χ0v) is 13.7. The summed E-state index contributed by atoms with van der Waals surface area (Å²) < 4.78 is 18.3. The quantitative estimate of drug-likeness (QED) is 0.841. The van der Waals surface area contributed by atoms with Gasteiger partial charge in [0.1, 0.15) is 11.6 Å². The Morgan fingerprint density at radius 1 is 1.12 bits per heavy atom. The molecule has 0 saturated carbocycles. The van der Waals surface area contributed by atoms with Crippen LogP contribution in [-0.2, 0) is 16.0 Å². The number of carbonyl (C=O) groups is 2. The van der Waals surface area contributed by atoms with Crippen molar-refractivity contribution in [2.24, 2.45) is 0 Å². The second-order valence-corrected chi connectivity index (χ2v) is 5.37. The molecule has 0 bridgehead atoms. The molecule has 2 aromatic rings. The smallest absolute Gasteiger partial charge is 0.262 e. The van der Waals surface area contributed by atoms with Gasteiger partial charge in [0.15, 0.2) is 6.61 Å². The summed E-state index contributed by atoms with van der Waals surface area (Å²) in [5.41, 5.74) is 1.42. The van der Waals surface area contributed by atoms with Crippen LogP contribution in [0.1, 0.15) is 5.56 Å². The van der Waals surface area contributed by atoms with Crippen molar-refractivity contribution in [1.82, 2.24) is 5.32 Å². The fourth-order valence-corrected chi connectivity index (χ4v) is 2.06. The summed E-state index contributed by atoms with van der Waals surface area (Å²) >= 11 is 5.64. The fraction of sp³-hybridized carbons (Fsp3) is 0.176. The van der Waals surface area contributed by atoms with E-state index in [9.17, 15) is 14.0 Å². The first kappa shape index (κ1) is 17.7. The third-order valence-electron chi connectivity index (χ3n) is 3.14. The van der Waals surface area contributed by atoms with Gasteiger partial charge in [0, 0.05) is 18.8 Å². The maximum atomic E-state index is 13.0. The molecule has 0 radical (unpaired) electrons. The van der Waals surface area contributed by atoms with E-state index in [0.29, 0.717) is 11.4 Å². The van der Waals surface area contributed by atoms with Crippen molar-refractivity contribution in [3.8, 4) is 5.75 Å². The summed E-state index contributed by atoms with van der Waals surface area (Å²) in [6.45, 7) is -0.234. The highest BCUT2D eigenvalue weighted by molar-refractivity contribution is 6.30. The van der Waals surface area contributed by atoms with E-state index in [1.165, 1.54) is 18.2 Å². The highest BCUT2D eigenvalue weighted by Gasteiger charge is 2.07. The number of benzene rings is 2. The van der Waals surface area contributed by atoms with E-state index in [1.54, 1.807) is 31.3 Å². The average molecular weight is 351 g/mol. The number of hydrogen-bond acceptors (Lipinski definition) is 3. The monoisotopic (exact) mass is 350 g/mol. The minimum Gasteiger partial charge on any atom is -0.484 e. The maximum absolute atomic E-state index is 13.0. The highest BCUT2D eigenvalue weighted by atomic mass is 35.5. The van der Waals surface area contributed by atoms with E-state index in [0.717, 1.165) is 5.56 Å². The normalized spacial score (nSPS) is 10.1. The molecule has 0 unspecified atom stereocenters. The topological polar surface area (TPSA) is 67.4 Å². The number of hydrogen-bond donors (Lipinski definition) is 2.